The molecule has 0 aliphatic heterocycles. The van der Waals surface area contributed by atoms with E-state index < -0.39 is 0 Å². The van der Waals surface area contributed by atoms with Gasteiger partial charge in [-0.1, -0.05) is 12.1 Å². The van der Waals surface area contributed by atoms with Crippen molar-refractivity contribution >= 4 is 11.8 Å². The zero-order valence-electron chi connectivity index (χ0n) is 15.8. The number of halogens is 1. The Bertz CT molecular complexity index is 1060. The van der Waals surface area contributed by atoms with Gasteiger partial charge in [-0.15, -0.1) is 11.8 Å². The monoisotopic (exact) mass is 404 g/mol. The summed E-state index contributed by atoms with van der Waals surface area (Å²) in [5.41, 5.74) is 5.19. The molecule has 5 heteroatoms. The number of pyridine rings is 1. The van der Waals surface area contributed by atoms with Gasteiger partial charge in [-0.25, -0.2) is 4.39 Å². The molecule has 1 N–H and O–H groups in total. The zero-order chi connectivity index (χ0) is 20.1. The Balaban J connectivity index is 1.73. The van der Waals surface area contributed by atoms with E-state index in [9.17, 15) is 4.39 Å². The van der Waals surface area contributed by atoms with Crippen molar-refractivity contribution in [2.45, 2.75) is 11.3 Å². The van der Waals surface area contributed by atoms with Gasteiger partial charge in [-0.05, 0) is 72.1 Å². The third kappa shape index (κ3) is 4.58. The van der Waals surface area contributed by atoms with E-state index >= 15 is 0 Å². The van der Waals surface area contributed by atoms with Gasteiger partial charge >= 0.3 is 0 Å². The highest BCUT2D eigenvalue weighted by Crippen LogP contribution is 2.32. The average Bonchev–Trinajstić information content (AvgIpc) is 3.21. The van der Waals surface area contributed by atoms with Crippen LogP contribution in [0.5, 0.6) is 0 Å². The lowest BCUT2D eigenvalue weighted by Gasteiger charge is -2.10. The minimum atomic E-state index is -0.249. The summed E-state index contributed by atoms with van der Waals surface area (Å²) in [5, 5.41) is 8.95. The van der Waals surface area contributed by atoms with Crippen molar-refractivity contribution in [3.8, 4) is 28.1 Å². The molecule has 4 rings (SSSR count). The minimum absolute atomic E-state index is 0.216. The van der Waals surface area contributed by atoms with E-state index in [4.69, 9.17) is 5.11 Å². The highest BCUT2D eigenvalue weighted by Gasteiger charge is 2.12. The van der Waals surface area contributed by atoms with Crippen LogP contribution < -0.4 is 0 Å². The van der Waals surface area contributed by atoms with Crippen LogP contribution in [0.15, 0.2) is 90.2 Å². The summed E-state index contributed by atoms with van der Waals surface area (Å²) in [7, 11) is 0. The van der Waals surface area contributed by atoms with Gasteiger partial charge in [0.05, 0.1) is 5.69 Å². The minimum Gasteiger partial charge on any atom is -0.396 e. The smallest absolute Gasteiger partial charge is 0.123 e. The molecule has 2 aromatic carbocycles. The van der Waals surface area contributed by atoms with Crippen LogP contribution >= 0.6 is 11.8 Å². The summed E-state index contributed by atoms with van der Waals surface area (Å²) in [5.74, 6) is 0.648. The number of nitrogens with zero attached hydrogens (tertiary/aromatic N) is 2. The van der Waals surface area contributed by atoms with Crippen molar-refractivity contribution in [1.82, 2.24) is 9.55 Å². The molecule has 2 heterocycles. The highest BCUT2D eigenvalue weighted by atomic mass is 32.2. The van der Waals surface area contributed by atoms with E-state index in [0.717, 1.165) is 40.2 Å². The lowest BCUT2D eigenvalue weighted by atomic mass is 10.1. The molecule has 0 fully saturated rings. The second-order valence-corrected chi connectivity index (χ2v) is 7.81. The molecule has 29 heavy (non-hydrogen) atoms. The van der Waals surface area contributed by atoms with Crippen LogP contribution in [0.1, 0.15) is 6.42 Å². The number of aliphatic hydroxyl groups is 1. The van der Waals surface area contributed by atoms with E-state index in [1.807, 2.05) is 12.1 Å². The first-order valence-corrected chi connectivity index (χ1v) is 10.5. The Morgan fingerprint density at radius 1 is 0.862 bits per heavy atom. The number of benzene rings is 2. The van der Waals surface area contributed by atoms with Gasteiger partial charge in [0.15, 0.2) is 0 Å². The molecule has 0 aliphatic rings. The molecule has 3 nitrogen and oxygen atoms in total. The molecule has 0 saturated heterocycles. The Kier molecular flexibility index (Phi) is 6.08. The number of thioether (sulfide) groups is 1. The lowest BCUT2D eigenvalue weighted by molar-refractivity contribution is 0.296. The van der Waals surface area contributed by atoms with Crippen LogP contribution in [0.3, 0.4) is 0 Å². The standard InChI is InChI=1S/C24H21FN2OS/c25-21-4-6-22(7-5-21)27-17-20(18-10-12-26-13-11-18)16-24(27)19-2-8-23(9-3-19)29-15-1-14-28/h2-13,16-17,28H,1,14-15H2. The molecule has 2 aromatic heterocycles. The largest absolute Gasteiger partial charge is 0.396 e. The SMILES string of the molecule is OCCCSc1ccc(-c2cc(-c3ccncc3)cn2-c2ccc(F)cc2)cc1. The van der Waals surface area contributed by atoms with Crippen LogP contribution in [-0.4, -0.2) is 27.0 Å². The number of hydrogen-bond donors (Lipinski definition) is 1. The molecule has 0 aliphatic carbocycles. The Morgan fingerprint density at radius 2 is 1.59 bits per heavy atom. The van der Waals surface area contributed by atoms with Crippen LogP contribution in [0.2, 0.25) is 0 Å². The second kappa shape index (κ2) is 9.07. The van der Waals surface area contributed by atoms with E-state index in [1.54, 1.807) is 36.3 Å². The summed E-state index contributed by atoms with van der Waals surface area (Å²) < 4.78 is 15.5. The van der Waals surface area contributed by atoms with Gasteiger partial charge in [0.1, 0.15) is 5.82 Å². The number of rotatable bonds is 7. The first-order valence-electron chi connectivity index (χ1n) is 9.47. The van der Waals surface area contributed by atoms with Gasteiger partial charge in [-0.3, -0.25) is 4.98 Å². The molecule has 0 radical (unpaired) electrons. The van der Waals surface area contributed by atoms with Crippen LogP contribution in [0.25, 0.3) is 28.1 Å². The molecular weight excluding hydrogens is 383 g/mol. The molecule has 146 valence electrons. The molecule has 0 saturated carbocycles. The molecule has 0 atom stereocenters. The van der Waals surface area contributed by atoms with Crippen LogP contribution in [0.4, 0.5) is 4.39 Å². The Morgan fingerprint density at radius 3 is 2.28 bits per heavy atom. The fourth-order valence-corrected chi connectivity index (χ4v) is 4.02. The maximum atomic E-state index is 13.4. The van der Waals surface area contributed by atoms with Gasteiger partial charge in [0, 0.05) is 47.1 Å². The van der Waals surface area contributed by atoms with Gasteiger partial charge in [0.25, 0.3) is 0 Å². The maximum absolute atomic E-state index is 13.4. The van der Waals surface area contributed by atoms with Gasteiger partial charge < -0.3 is 9.67 Å². The Labute approximate surface area is 173 Å². The maximum Gasteiger partial charge on any atom is 0.123 e. The highest BCUT2D eigenvalue weighted by molar-refractivity contribution is 7.99. The summed E-state index contributed by atoms with van der Waals surface area (Å²) in [6, 6.07) is 21.0. The fourth-order valence-electron chi connectivity index (χ4n) is 3.18. The molecule has 4 aromatic rings. The average molecular weight is 405 g/mol. The summed E-state index contributed by atoms with van der Waals surface area (Å²) in [6.07, 6.45) is 6.42. The van der Waals surface area contributed by atoms with Crippen molar-refractivity contribution in [2.75, 3.05) is 12.4 Å². The lowest BCUT2D eigenvalue weighted by Crippen LogP contribution is -1.95. The summed E-state index contributed by atoms with van der Waals surface area (Å²) in [6.45, 7) is 0.216. The van der Waals surface area contributed by atoms with Crippen LogP contribution in [-0.2, 0) is 0 Å². The normalized spacial score (nSPS) is 11.0. The van der Waals surface area contributed by atoms with E-state index in [0.29, 0.717) is 0 Å². The molecule has 0 bridgehead atoms. The second-order valence-electron chi connectivity index (χ2n) is 6.65. The predicted molar refractivity (Wildman–Crippen MR) is 117 cm³/mol. The van der Waals surface area contributed by atoms with E-state index in [1.165, 1.54) is 17.0 Å². The molecule has 0 unspecified atom stereocenters. The van der Waals surface area contributed by atoms with E-state index in [2.05, 4.69) is 46.1 Å². The summed E-state index contributed by atoms with van der Waals surface area (Å²) in [4.78, 5) is 5.28. The van der Waals surface area contributed by atoms with E-state index in [-0.39, 0.29) is 12.4 Å². The van der Waals surface area contributed by atoms with Crippen molar-refractivity contribution in [2.24, 2.45) is 0 Å². The number of aromatic nitrogens is 2. The quantitative estimate of drug-likeness (QED) is 0.312. The van der Waals surface area contributed by atoms with Gasteiger partial charge in [-0.2, -0.15) is 0 Å². The third-order valence-corrected chi connectivity index (χ3v) is 5.76. The Hall–Kier alpha value is -2.89. The van der Waals surface area contributed by atoms with Gasteiger partial charge in [0.2, 0.25) is 0 Å². The first-order chi connectivity index (χ1) is 14.2. The first kappa shape index (κ1) is 19.4. The molecule has 0 amide bonds. The summed E-state index contributed by atoms with van der Waals surface area (Å²) >= 11 is 1.74. The molecule has 0 spiro atoms. The number of hydrogen-bond acceptors (Lipinski definition) is 3. The zero-order valence-corrected chi connectivity index (χ0v) is 16.6. The third-order valence-electron chi connectivity index (χ3n) is 4.66. The van der Waals surface area contributed by atoms with Crippen LogP contribution in [0, 0.1) is 5.82 Å². The van der Waals surface area contributed by atoms with Crippen molar-refractivity contribution < 1.29 is 9.50 Å². The topological polar surface area (TPSA) is 38.1 Å². The molecular formula is C24H21FN2OS. The predicted octanol–water partition coefficient (Wildman–Crippen LogP) is 5.82. The van der Waals surface area contributed by atoms with Crippen molar-refractivity contribution in [1.29, 1.82) is 0 Å². The fraction of sp³-hybridized carbons (Fsp3) is 0.125. The van der Waals surface area contributed by atoms with Crippen molar-refractivity contribution in [3.05, 3.63) is 91.1 Å². The number of aliphatic hydroxyl groups excluding tert-OH is 1. The van der Waals surface area contributed by atoms with Crippen molar-refractivity contribution in [3.63, 3.8) is 0 Å².